The zero-order chi connectivity index (χ0) is 12.2. The van der Waals surface area contributed by atoms with E-state index in [0.717, 1.165) is 11.8 Å². The van der Waals surface area contributed by atoms with Gasteiger partial charge in [0.05, 0.1) is 14.9 Å². The molecule has 0 aliphatic heterocycles. The van der Waals surface area contributed by atoms with Gasteiger partial charge in [0.25, 0.3) is 0 Å². The summed E-state index contributed by atoms with van der Waals surface area (Å²) >= 11 is 14.7. The van der Waals surface area contributed by atoms with Crippen molar-refractivity contribution in [3.63, 3.8) is 0 Å². The molecular weight excluding hydrogens is 337 g/mol. The number of rotatable bonds is 5. The van der Waals surface area contributed by atoms with Crippen molar-refractivity contribution in [2.45, 2.75) is 11.3 Å². The van der Waals surface area contributed by atoms with E-state index in [2.05, 4.69) is 20.7 Å². The van der Waals surface area contributed by atoms with E-state index in [1.807, 2.05) is 0 Å². The lowest BCUT2D eigenvalue weighted by molar-refractivity contribution is 0.581. The summed E-state index contributed by atoms with van der Waals surface area (Å²) in [5.74, 6) is 0. The molecule has 0 aromatic heterocycles. The predicted octanol–water partition coefficient (Wildman–Crippen LogP) is 3.06. The fourth-order valence-electron chi connectivity index (χ4n) is 1.00. The van der Waals surface area contributed by atoms with Crippen LogP contribution in [-0.4, -0.2) is 20.3 Å². The molecule has 90 valence electrons. The van der Waals surface area contributed by atoms with Crippen LogP contribution in [0.3, 0.4) is 0 Å². The van der Waals surface area contributed by atoms with Crippen LogP contribution in [0, 0.1) is 0 Å². The highest BCUT2D eigenvalue weighted by atomic mass is 79.9. The Balaban J connectivity index is 2.86. The molecule has 0 fully saturated rings. The molecule has 0 radical (unpaired) electrons. The van der Waals surface area contributed by atoms with Gasteiger partial charge in [-0.15, -0.1) is 0 Å². The minimum Gasteiger partial charge on any atom is -0.211 e. The molecule has 0 saturated heterocycles. The van der Waals surface area contributed by atoms with Crippen LogP contribution in [0.25, 0.3) is 0 Å². The van der Waals surface area contributed by atoms with Crippen molar-refractivity contribution in [1.29, 1.82) is 0 Å². The van der Waals surface area contributed by atoms with Crippen LogP contribution in [0.4, 0.5) is 0 Å². The molecule has 0 aliphatic rings. The summed E-state index contributed by atoms with van der Waals surface area (Å²) in [5.41, 5.74) is 0. The van der Waals surface area contributed by atoms with Gasteiger partial charge in [-0.3, -0.25) is 0 Å². The Kier molecular flexibility index (Phi) is 5.53. The molecule has 0 heterocycles. The average molecular weight is 347 g/mol. The third kappa shape index (κ3) is 3.89. The van der Waals surface area contributed by atoms with Gasteiger partial charge in [-0.2, -0.15) is 0 Å². The fourth-order valence-corrected chi connectivity index (χ4v) is 2.74. The van der Waals surface area contributed by atoms with Crippen LogP contribution < -0.4 is 4.72 Å². The van der Waals surface area contributed by atoms with Crippen molar-refractivity contribution < 1.29 is 8.42 Å². The van der Waals surface area contributed by atoms with Gasteiger partial charge < -0.3 is 0 Å². The van der Waals surface area contributed by atoms with E-state index in [1.165, 1.54) is 18.2 Å². The Labute approximate surface area is 113 Å². The van der Waals surface area contributed by atoms with Crippen LogP contribution in [0.5, 0.6) is 0 Å². The van der Waals surface area contributed by atoms with Crippen LogP contribution in [0.2, 0.25) is 10.0 Å². The monoisotopic (exact) mass is 345 g/mol. The first kappa shape index (κ1) is 14.3. The van der Waals surface area contributed by atoms with Crippen LogP contribution in [0.15, 0.2) is 23.1 Å². The quantitative estimate of drug-likeness (QED) is 0.657. The molecule has 7 heteroatoms. The maximum Gasteiger partial charge on any atom is 0.240 e. The van der Waals surface area contributed by atoms with E-state index in [-0.39, 0.29) is 9.92 Å². The molecule has 0 amide bonds. The second-order valence-corrected chi connectivity index (χ2v) is 6.39. The second-order valence-electron chi connectivity index (χ2n) is 3.02. The molecular formula is C9H10BrCl2NO2S. The molecule has 1 N–H and O–H groups in total. The summed E-state index contributed by atoms with van der Waals surface area (Å²) in [6, 6.07) is 4.22. The Hall–Kier alpha value is 0.190. The summed E-state index contributed by atoms with van der Waals surface area (Å²) in [7, 11) is -3.49. The van der Waals surface area contributed by atoms with Crippen molar-refractivity contribution in [3.8, 4) is 0 Å². The van der Waals surface area contributed by atoms with Crippen LogP contribution in [0.1, 0.15) is 6.42 Å². The maximum absolute atomic E-state index is 11.7. The van der Waals surface area contributed by atoms with E-state index in [9.17, 15) is 8.42 Å². The molecule has 0 bridgehead atoms. The number of hydrogen-bond acceptors (Lipinski definition) is 2. The van der Waals surface area contributed by atoms with Crippen molar-refractivity contribution in [3.05, 3.63) is 28.2 Å². The van der Waals surface area contributed by atoms with Gasteiger partial charge in [-0.05, 0) is 24.6 Å². The number of hydrogen-bond donors (Lipinski definition) is 1. The molecule has 1 rings (SSSR count). The molecule has 1 aromatic rings. The average Bonchev–Trinajstić information content (AvgIpc) is 2.22. The minimum absolute atomic E-state index is 0.122. The summed E-state index contributed by atoms with van der Waals surface area (Å²) in [5, 5.41) is 1.31. The summed E-state index contributed by atoms with van der Waals surface area (Å²) < 4.78 is 25.9. The number of halogens is 3. The van der Waals surface area contributed by atoms with Crippen LogP contribution >= 0.6 is 39.1 Å². The first-order valence-corrected chi connectivity index (χ1v) is 7.84. The summed E-state index contributed by atoms with van der Waals surface area (Å²) in [4.78, 5) is 0.122. The second kappa shape index (κ2) is 6.21. The van der Waals surface area contributed by atoms with E-state index in [4.69, 9.17) is 23.2 Å². The topological polar surface area (TPSA) is 46.2 Å². The number of alkyl halides is 1. The van der Waals surface area contributed by atoms with Gasteiger partial charge in [0, 0.05) is 11.9 Å². The molecule has 3 nitrogen and oxygen atoms in total. The molecule has 1 aromatic carbocycles. The van der Waals surface area contributed by atoms with E-state index >= 15 is 0 Å². The largest absolute Gasteiger partial charge is 0.240 e. The Morgan fingerprint density at radius 3 is 2.50 bits per heavy atom. The number of benzene rings is 1. The van der Waals surface area contributed by atoms with Gasteiger partial charge in [0.15, 0.2) is 0 Å². The lowest BCUT2D eigenvalue weighted by atomic mass is 10.4. The third-order valence-corrected chi connectivity index (χ3v) is 4.56. The van der Waals surface area contributed by atoms with Gasteiger partial charge in [0.1, 0.15) is 0 Å². The molecule has 16 heavy (non-hydrogen) atoms. The highest BCUT2D eigenvalue weighted by Crippen LogP contribution is 2.24. The molecule has 0 aliphatic carbocycles. The molecule has 0 spiro atoms. The van der Waals surface area contributed by atoms with E-state index < -0.39 is 10.0 Å². The number of sulfonamides is 1. The molecule has 0 saturated carbocycles. The van der Waals surface area contributed by atoms with Gasteiger partial charge >= 0.3 is 0 Å². The van der Waals surface area contributed by atoms with Crippen molar-refractivity contribution in [2.24, 2.45) is 0 Å². The van der Waals surface area contributed by atoms with Crippen molar-refractivity contribution >= 4 is 49.2 Å². The van der Waals surface area contributed by atoms with Gasteiger partial charge in [-0.1, -0.05) is 39.1 Å². The van der Waals surface area contributed by atoms with E-state index in [0.29, 0.717) is 11.6 Å². The lowest BCUT2D eigenvalue weighted by Crippen LogP contribution is -2.24. The van der Waals surface area contributed by atoms with Crippen molar-refractivity contribution in [2.75, 3.05) is 11.9 Å². The fraction of sp³-hybridized carbons (Fsp3) is 0.333. The summed E-state index contributed by atoms with van der Waals surface area (Å²) in [6.45, 7) is 0.383. The normalized spacial score (nSPS) is 11.7. The smallest absolute Gasteiger partial charge is 0.211 e. The third-order valence-electron chi connectivity index (χ3n) is 1.80. The predicted molar refractivity (Wildman–Crippen MR) is 70.1 cm³/mol. The molecule has 0 unspecified atom stereocenters. The Morgan fingerprint density at radius 1 is 1.25 bits per heavy atom. The zero-order valence-corrected chi connectivity index (χ0v) is 12.1. The van der Waals surface area contributed by atoms with Crippen LogP contribution in [-0.2, 0) is 10.0 Å². The SMILES string of the molecule is O=S(=O)(NCCCBr)c1ccc(Cl)c(Cl)c1. The van der Waals surface area contributed by atoms with E-state index in [1.54, 1.807) is 0 Å². The number of nitrogens with one attached hydrogen (secondary N) is 1. The highest BCUT2D eigenvalue weighted by Gasteiger charge is 2.14. The minimum atomic E-state index is -3.49. The summed E-state index contributed by atoms with van der Waals surface area (Å²) in [6.07, 6.45) is 0.723. The standard InChI is InChI=1S/C9H10BrCl2NO2S/c10-4-1-5-13-16(14,15)7-2-3-8(11)9(12)6-7/h2-3,6,13H,1,4-5H2. The lowest BCUT2D eigenvalue weighted by Gasteiger charge is -2.06. The maximum atomic E-state index is 11.7. The zero-order valence-electron chi connectivity index (χ0n) is 8.21. The Morgan fingerprint density at radius 2 is 1.94 bits per heavy atom. The highest BCUT2D eigenvalue weighted by molar-refractivity contribution is 9.09. The first-order valence-electron chi connectivity index (χ1n) is 4.48. The van der Waals surface area contributed by atoms with Gasteiger partial charge in [0.2, 0.25) is 10.0 Å². The van der Waals surface area contributed by atoms with Crippen molar-refractivity contribution in [1.82, 2.24) is 4.72 Å². The van der Waals surface area contributed by atoms with Gasteiger partial charge in [-0.25, -0.2) is 13.1 Å². The molecule has 0 atom stereocenters. The Bertz CT molecular complexity index is 465. The first-order chi connectivity index (χ1) is 7.47.